The van der Waals surface area contributed by atoms with Gasteiger partial charge >= 0.3 is 0 Å². The molecule has 2 aromatic rings. The number of nitro benzene ring substituents is 1. The van der Waals surface area contributed by atoms with Crippen LogP contribution in [-0.4, -0.2) is 29.8 Å². The number of benzene rings is 2. The van der Waals surface area contributed by atoms with Crippen LogP contribution in [0.15, 0.2) is 47.6 Å². The molecule has 1 aliphatic heterocycles. The van der Waals surface area contributed by atoms with Crippen molar-refractivity contribution in [2.45, 2.75) is 6.92 Å². The summed E-state index contributed by atoms with van der Waals surface area (Å²) in [7, 11) is 0. The Labute approximate surface area is 143 Å². The molecule has 2 aromatic carbocycles. The Hall–Kier alpha value is -3.42. The summed E-state index contributed by atoms with van der Waals surface area (Å²) in [6, 6.07) is 10.8. The molecule has 1 heterocycles. The fraction of sp³-hybridized carbons (Fsp3) is 0.176. The zero-order valence-corrected chi connectivity index (χ0v) is 13.4. The quantitative estimate of drug-likeness (QED) is 0.523. The van der Waals surface area contributed by atoms with Crippen molar-refractivity contribution in [3.8, 4) is 11.5 Å². The normalized spacial score (nSPS) is 13.2. The van der Waals surface area contributed by atoms with E-state index in [1.807, 2.05) is 6.07 Å². The van der Waals surface area contributed by atoms with E-state index in [0.717, 1.165) is 5.56 Å². The molecule has 0 aromatic heterocycles. The Morgan fingerprint density at radius 2 is 1.88 bits per heavy atom. The van der Waals surface area contributed by atoms with Crippen LogP contribution in [0.25, 0.3) is 0 Å². The summed E-state index contributed by atoms with van der Waals surface area (Å²) >= 11 is 0. The van der Waals surface area contributed by atoms with Gasteiger partial charge in [0, 0.05) is 23.3 Å². The third-order valence-corrected chi connectivity index (χ3v) is 3.60. The van der Waals surface area contributed by atoms with Gasteiger partial charge in [-0.2, -0.15) is 5.10 Å². The van der Waals surface area contributed by atoms with E-state index in [-0.39, 0.29) is 11.3 Å². The fourth-order valence-electron chi connectivity index (χ4n) is 2.29. The molecule has 0 unspecified atom stereocenters. The van der Waals surface area contributed by atoms with Crippen molar-refractivity contribution < 1.29 is 19.2 Å². The minimum atomic E-state index is -0.555. The van der Waals surface area contributed by atoms with Crippen molar-refractivity contribution in [1.29, 1.82) is 0 Å². The van der Waals surface area contributed by atoms with Crippen LogP contribution in [0, 0.1) is 10.1 Å². The van der Waals surface area contributed by atoms with E-state index in [1.54, 1.807) is 19.1 Å². The maximum atomic E-state index is 12.1. The largest absolute Gasteiger partial charge is 0.486 e. The maximum Gasteiger partial charge on any atom is 0.271 e. The van der Waals surface area contributed by atoms with Gasteiger partial charge in [0.05, 0.1) is 10.6 Å². The van der Waals surface area contributed by atoms with Gasteiger partial charge < -0.3 is 9.47 Å². The molecule has 0 fully saturated rings. The molecule has 0 radical (unpaired) electrons. The molecule has 0 spiro atoms. The average Bonchev–Trinajstić information content (AvgIpc) is 2.65. The second-order valence-electron chi connectivity index (χ2n) is 5.30. The lowest BCUT2D eigenvalue weighted by atomic mass is 10.1. The van der Waals surface area contributed by atoms with Crippen LogP contribution >= 0.6 is 0 Å². The van der Waals surface area contributed by atoms with Crippen molar-refractivity contribution in [1.82, 2.24) is 5.43 Å². The van der Waals surface area contributed by atoms with Crippen LogP contribution in [0.5, 0.6) is 11.5 Å². The zero-order chi connectivity index (χ0) is 17.8. The molecule has 0 saturated carbocycles. The smallest absolute Gasteiger partial charge is 0.271 e. The topological polar surface area (TPSA) is 103 Å². The first-order valence-electron chi connectivity index (χ1n) is 7.54. The first-order chi connectivity index (χ1) is 12.0. The molecule has 0 atom stereocenters. The molecule has 8 heteroatoms. The standard InChI is InChI=1S/C17H15N3O5/c1-11(12-5-6-15-16(10-12)25-8-7-24-15)18-19-17(21)13-3-2-4-14(9-13)20(22)23/h2-6,9-10H,7-8H2,1H3,(H,19,21). The van der Waals surface area contributed by atoms with Crippen molar-refractivity contribution in [3.63, 3.8) is 0 Å². The van der Waals surface area contributed by atoms with E-state index < -0.39 is 10.8 Å². The molecule has 3 rings (SSSR count). The van der Waals surface area contributed by atoms with Gasteiger partial charge in [0.25, 0.3) is 11.6 Å². The second kappa shape index (κ2) is 7.00. The predicted octanol–water partition coefficient (Wildman–Crippen LogP) is 2.52. The average molecular weight is 341 g/mol. The number of hydrazone groups is 1. The number of nitrogens with zero attached hydrogens (tertiary/aromatic N) is 2. The summed E-state index contributed by atoms with van der Waals surface area (Å²) in [5.41, 5.74) is 3.74. The Morgan fingerprint density at radius 1 is 1.12 bits per heavy atom. The molecule has 1 amide bonds. The molecule has 25 heavy (non-hydrogen) atoms. The number of rotatable bonds is 4. The van der Waals surface area contributed by atoms with Crippen LogP contribution < -0.4 is 14.9 Å². The fourth-order valence-corrected chi connectivity index (χ4v) is 2.29. The Kier molecular flexibility index (Phi) is 4.60. The van der Waals surface area contributed by atoms with Gasteiger partial charge in [-0.25, -0.2) is 5.43 Å². The Balaban J connectivity index is 1.74. The molecular weight excluding hydrogens is 326 g/mol. The van der Waals surface area contributed by atoms with E-state index in [2.05, 4.69) is 10.5 Å². The highest BCUT2D eigenvalue weighted by molar-refractivity contribution is 6.01. The predicted molar refractivity (Wildman–Crippen MR) is 90.2 cm³/mol. The van der Waals surface area contributed by atoms with E-state index in [0.29, 0.717) is 30.4 Å². The molecule has 0 saturated heterocycles. The Bertz CT molecular complexity index is 863. The second-order valence-corrected chi connectivity index (χ2v) is 5.30. The van der Waals surface area contributed by atoms with Gasteiger partial charge in [0.1, 0.15) is 13.2 Å². The Morgan fingerprint density at radius 3 is 2.64 bits per heavy atom. The van der Waals surface area contributed by atoms with E-state index in [4.69, 9.17) is 9.47 Å². The van der Waals surface area contributed by atoms with Crippen molar-refractivity contribution in [2.75, 3.05) is 13.2 Å². The number of fused-ring (bicyclic) bond motifs is 1. The van der Waals surface area contributed by atoms with E-state index >= 15 is 0 Å². The molecular formula is C17H15N3O5. The zero-order valence-electron chi connectivity index (χ0n) is 13.4. The lowest BCUT2D eigenvalue weighted by molar-refractivity contribution is -0.384. The molecule has 1 N–H and O–H groups in total. The number of hydrogen-bond donors (Lipinski definition) is 1. The van der Waals surface area contributed by atoms with Gasteiger partial charge in [0.15, 0.2) is 11.5 Å². The number of ether oxygens (including phenoxy) is 2. The van der Waals surface area contributed by atoms with Gasteiger partial charge in [0.2, 0.25) is 0 Å². The van der Waals surface area contributed by atoms with Crippen molar-refractivity contribution in [2.24, 2.45) is 5.10 Å². The minimum absolute atomic E-state index is 0.153. The van der Waals surface area contributed by atoms with E-state index in [1.165, 1.54) is 24.3 Å². The highest BCUT2D eigenvalue weighted by atomic mass is 16.6. The minimum Gasteiger partial charge on any atom is -0.486 e. The molecule has 128 valence electrons. The van der Waals surface area contributed by atoms with E-state index in [9.17, 15) is 14.9 Å². The number of non-ortho nitro benzene ring substituents is 1. The summed E-state index contributed by atoms with van der Waals surface area (Å²) in [6.45, 7) is 2.73. The van der Waals surface area contributed by atoms with Crippen molar-refractivity contribution in [3.05, 3.63) is 63.7 Å². The van der Waals surface area contributed by atoms with Gasteiger partial charge in [-0.05, 0) is 31.2 Å². The number of nitro groups is 1. The highest BCUT2D eigenvalue weighted by Crippen LogP contribution is 2.30. The van der Waals surface area contributed by atoms with Crippen LogP contribution in [-0.2, 0) is 0 Å². The third-order valence-electron chi connectivity index (χ3n) is 3.60. The van der Waals surface area contributed by atoms with Crippen LogP contribution in [0.4, 0.5) is 5.69 Å². The first-order valence-corrected chi connectivity index (χ1v) is 7.54. The number of amides is 1. The summed E-state index contributed by atoms with van der Waals surface area (Å²) in [4.78, 5) is 22.3. The van der Waals surface area contributed by atoms with Gasteiger partial charge in [-0.3, -0.25) is 14.9 Å². The highest BCUT2D eigenvalue weighted by Gasteiger charge is 2.14. The number of nitrogens with one attached hydrogen (secondary N) is 1. The molecule has 0 bridgehead atoms. The van der Waals surface area contributed by atoms with Gasteiger partial charge in [-0.15, -0.1) is 0 Å². The van der Waals surface area contributed by atoms with Gasteiger partial charge in [-0.1, -0.05) is 6.07 Å². The first kappa shape index (κ1) is 16.4. The summed E-state index contributed by atoms with van der Waals surface area (Å²) in [5.74, 6) is 0.771. The third kappa shape index (κ3) is 3.74. The molecule has 8 nitrogen and oxygen atoms in total. The summed E-state index contributed by atoms with van der Waals surface area (Å²) in [5, 5.41) is 14.8. The van der Waals surface area contributed by atoms with Crippen LogP contribution in [0.1, 0.15) is 22.8 Å². The maximum absolute atomic E-state index is 12.1. The van der Waals surface area contributed by atoms with Crippen LogP contribution in [0.3, 0.4) is 0 Å². The monoisotopic (exact) mass is 341 g/mol. The SMILES string of the molecule is CC(=NNC(=O)c1cccc([N+](=O)[O-])c1)c1ccc2c(c1)OCCO2. The number of carbonyl (C=O) groups is 1. The number of carbonyl (C=O) groups excluding carboxylic acids is 1. The summed E-state index contributed by atoms with van der Waals surface area (Å²) < 4.78 is 11.0. The van der Waals surface area contributed by atoms with Crippen LogP contribution in [0.2, 0.25) is 0 Å². The number of hydrogen-bond acceptors (Lipinski definition) is 6. The van der Waals surface area contributed by atoms with Crippen molar-refractivity contribution >= 4 is 17.3 Å². The molecule has 1 aliphatic rings. The lowest BCUT2D eigenvalue weighted by Crippen LogP contribution is -2.19. The lowest BCUT2D eigenvalue weighted by Gasteiger charge is -2.18. The molecule has 0 aliphatic carbocycles. The summed E-state index contributed by atoms with van der Waals surface area (Å²) in [6.07, 6.45) is 0.